The van der Waals surface area contributed by atoms with Crippen molar-refractivity contribution >= 4 is 5.91 Å². The van der Waals surface area contributed by atoms with Gasteiger partial charge in [0.15, 0.2) is 0 Å². The highest BCUT2D eigenvalue weighted by Crippen LogP contribution is 2.42. The number of hydrogen-bond acceptors (Lipinski definition) is 3. The lowest BCUT2D eigenvalue weighted by molar-refractivity contribution is -0.158. The summed E-state index contributed by atoms with van der Waals surface area (Å²) in [4.78, 5) is 14.4. The van der Waals surface area contributed by atoms with Gasteiger partial charge in [0.05, 0.1) is 12.1 Å². The minimum Gasteiger partial charge on any atom is -0.381 e. The maximum atomic E-state index is 12.3. The molecule has 1 N–H and O–H groups in total. The Kier molecular flexibility index (Phi) is 3.09. The fraction of sp³-hybridized carbons (Fsp3) is 0.923. The quantitative estimate of drug-likeness (QED) is 0.767. The molecular weight excluding hydrogens is 216 g/mol. The zero-order valence-corrected chi connectivity index (χ0v) is 10.5. The number of hydrogen-bond donors (Lipinski definition) is 1. The van der Waals surface area contributed by atoms with Gasteiger partial charge in [0.1, 0.15) is 0 Å². The molecule has 0 spiro atoms. The van der Waals surface area contributed by atoms with Crippen molar-refractivity contribution < 1.29 is 9.53 Å². The van der Waals surface area contributed by atoms with E-state index in [0.29, 0.717) is 23.8 Å². The van der Waals surface area contributed by atoms with Crippen molar-refractivity contribution in [3.63, 3.8) is 0 Å². The average Bonchev–Trinajstić information content (AvgIpc) is 2.39. The molecule has 4 rings (SSSR count). The van der Waals surface area contributed by atoms with Gasteiger partial charge in [0.2, 0.25) is 5.91 Å². The number of nitrogens with zero attached hydrogens (tertiary/aromatic N) is 1. The van der Waals surface area contributed by atoms with Crippen molar-refractivity contribution in [2.24, 2.45) is 11.8 Å². The number of carbonyl (C=O) groups excluding carboxylic acids is 1. The van der Waals surface area contributed by atoms with E-state index >= 15 is 0 Å². The lowest BCUT2D eigenvalue weighted by Gasteiger charge is -2.53. The minimum absolute atomic E-state index is 0.0854. The van der Waals surface area contributed by atoms with Crippen LogP contribution in [0.5, 0.6) is 0 Å². The van der Waals surface area contributed by atoms with E-state index < -0.39 is 0 Å². The Morgan fingerprint density at radius 2 is 2.06 bits per heavy atom. The second-order valence-electron chi connectivity index (χ2n) is 5.70. The Morgan fingerprint density at radius 3 is 2.65 bits per heavy atom. The van der Waals surface area contributed by atoms with Crippen LogP contribution in [0.25, 0.3) is 0 Å². The number of amides is 1. The van der Waals surface area contributed by atoms with E-state index in [-0.39, 0.29) is 6.04 Å². The third kappa shape index (κ3) is 1.97. The first kappa shape index (κ1) is 11.5. The number of rotatable bonds is 2. The zero-order chi connectivity index (χ0) is 11.8. The molecule has 1 saturated carbocycles. The number of carbonyl (C=O) groups is 1. The van der Waals surface area contributed by atoms with Gasteiger partial charge in [-0.25, -0.2) is 0 Å². The molecule has 3 saturated heterocycles. The van der Waals surface area contributed by atoms with Gasteiger partial charge in [-0.2, -0.15) is 0 Å². The molecule has 3 heterocycles. The molecule has 17 heavy (non-hydrogen) atoms. The fourth-order valence-corrected chi connectivity index (χ4v) is 3.69. The molecule has 0 radical (unpaired) electrons. The van der Waals surface area contributed by atoms with Crippen LogP contribution in [-0.2, 0) is 9.53 Å². The van der Waals surface area contributed by atoms with E-state index in [1.54, 1.807) is 7.11 Å². The third-order valence-electron chi connectivity index (χ3n) is 4.64. The summed E-state index contributed by atoms with van der Waals surface area (Å²) >= 11 is 0. The van der Waals surface area contributed by atoms with Crippen molar-refractivity contribution in [2.75, 3.05) is 26.7 Å². The fourth-order valence-electron chi connectivity index (χ4n) is 3.69. The molecular formula is C13H22N2O2. The largest absolute Gasteiger partial charge is 0.381 e. The molecule has 0 aromatic rings. The molecule has 1 amide bonds. The molecule has 0 unspecified atom stereocenters. The maximum absolute atomic E-state index is 12.3. The molecule has 0 aromatic carbocycles. The Morgan fingerprint density at radius 1 is 1.29 bits per heavy atom. The summed E-state index contributed by atoms with van der Waals surface area (Å²) < 4.78 is 5.47. The van der Waals surface area contributed by atoms with E-state index in [1.165, 1.54) is 19.3 Å². The van der Waals surface area contributed by atoms with Crippen LogP contribution in [0.1, 0.15) is 25.7 Å². The summed E-state index contributed by atoms with van der Waals surface area (Å²) in [5.74, 6) is 1.51. The summed E-state index contributed by atoms with van der Waals surface area (Å²) in [5, 5.41) is 3.35. The molecule has 4 heteroatoms. The van der Waals surface area contributed by atoms with E-state index in [1.807, 2.05) is 0 Å². The summed E-state index contributed by atoms with van der Waals surface area (Å²) in [6, 6.07) is 0.0854. The maximum Gasteiger partial charge on any atom is 0.239 e. The second kappa shape index (κ2) is 4.58. The Hall–Kier alpha value is -0.610. The van der Waals surface area contributed by atoms with Gasteiger partial charge in [-0.05, 0) is 25.8 Å². The molecule has 4 nitrogen and oxygen atoms in total. The number of methoxy groups -OCH3 is 1. The molecule has 4 aliphatic rings. The van der Waals surface area contributed by atoms with Crippen molar-refractivity contribution in [1.82, 2.24) is 10.2 Å². The zero-order valence-electron chi connectivity index (χ0n) is 10.5. The van der Waals surface area contributed by atoms with Crippen molar-refractivity contribution in [3.8, 4) is 0 Å². The normalized spacial score (nSPS) is 40.9. The van der Waals surface area contributed by atoms with Crippen LogP contribution in [0.3, 0.4) is 0 Å². The summed E-state index contributed by atoms with van der Waals surface area (Å²) in [7, 11) is 1.80. The minimum atomic E-state index is 0.0854. The monoisotopic (exact) mass is 238 g/mol. The summed E-state index contributed by atoms with van der Waals surface area (Å²) in [5.41, 5.74) is 0. The van der Waals surface area contributed by atoms with Crippen LogP contribution in [0.4, 0.5) is 0 Å². The van der Waals surface area contributed by atoms with Crippen LogP contribution in [0, 0.1) is 11.8 Å². The highest BCUT2D eigenvalue weighted by atomic mass is 16.5. The standard InChI is InChI=1S/C13H22N2O2/c1-17-12-9-6-10(12)8-15(7-9)13(16)11-4-2-3-5-14-11/h9-12,14H,2-8H2,1H3/t9-,10-,11+/m0/s1. The topological polar surface area (TPSA) is 41.6 Å². The summed E-state index contributed by atoms with van der Waals surface area (Å²) in [6.07, 6.45) is 5.07. The first-order valence-electron chi connectivity index (χ1n) is 6.84. The average molecular weight is 238 g/mol. The number of fused-ring (bicyclic) bond motifs is 2. The SMILES string of the molecule is COC1[C@H]2C[C@H]1CN(C(=O)[C@H]1CCCCN1)C2. The van der Waals surface area contributed by atoms with Crippen LogP contribution in [0.2, 0.25) is 0 Å². The van der Waals surface area contributed by atoms with Gasteiger partial charge in [-0.15, -0.1) is 0 Å². The number of ether oxygens (including phenoxy) is 1. The molecule has 3 atom stereocenters. The molecule has 2 bridgehead atoms. The van der Waals surface area contributed by atoms with Gasteiger partial charge < -0.3 is 15.0 Å². The van der Waals surface area contributed by atoms with E-state index in [4.69, 9.17) is 4.74 Å². The smallest absolute Gasteiger partial charge is 0.239 e. The van der Waals surface area contributed by atoms with Gasteiger partial charge >= 0.3 is 0 Å². The van der Waals surface area contributed by atoms with Crippen LogP contribution >= 0.6 is 0 Å². The molecule has 1 aliphatic carbocycles. The van der Waals surface area contributed by atoms with Crippen molar-refractivity contribution in [1.29, 1.82) is 0 Å². The van der Waals surface area contributed by atoms with Crippen molar-refractivity contribution in [3.05, 3.63) is 0 Å². The van der Waals surface area contributed by atoms with Crippen molar-refractivity contribution in [2.45, 2.75) is 37.8 Å². The lowest BCUT2D eigenvalue weighted by atomic mass is 9.68. The van der Waals surface area contributed by atoms with Gasteiger partial charge in [-0.1, -0.05) is 6.42 Å². The van der Waals surface area contributed by atoms with Gasteiger partial charge in [0, 0.05) is 32.0 Å². The molecule has 96 valence electrons. The predicted octanol–water partition coefficient (Wildman–Crippen LogP) is 0.622. The highest BCUT2D eigenvalue weighted by Gasteiger charge is 2.48. The van der Waals surface area contributed by atoms with Crippen LogP contribution in [0.15, 0.2) is 0 Å². The van der Waals surface area contributed by atoms with Gasteiger partial charge in [-0.3, -0.25) is 4.79 Å². The number of nitrogens with one attached hydrogen (secondary N) is 1. The molecule has 3 aliphatic heterocycles. The Balaban J connectivity index is 1.57. The Bertz CT molecular complexity index is 290. The first-order valence-corrected chi connectivity index (χ1v) is 6.84. The second-order valence-corrected chi connectivity index (χ2v) is 5.70. The van der Waals surface area contributed by atoms with Crippen LogP contribution < -0.4 is 5.32 Å². The third-order valence-corrected chi connectivity index (χ3v) is 4.64. The lowest BCUT2D eigenvalue weighted by Crippen LogP contribution is -2.62. The van der Waals surface area contributed by atoms with E-state index in [9.17, 15) is 4.79 Å². The summed E-state index contributed by atoms with van der Waals surface area (Å²) in [6.45, 7) is 2.82. The van der Waals surface area contributed by atoms with E-state index in [2.05, 4.69) is 10.2 Å². The first-order chi connectivity index (χ1) is 8.29. The Labute approximate surface area is 103 Å². The highest BCUT2D eigenvalue weighted by molar-refractivity contribution is 5.82. The molecule has 0 aromatic heterocycles. The molecule has 4 fully saturated rings. The predicted molar refractivity (Wildman–Crippen MR) is 64.6 cm³/mol. The van der Waals surface area contributed by atoms with Gasteiger partial charge in [0.25, 0.3) is 0 Å². The van der Waals surface area contributed by atoms with Crippen LogP contribution in [-0.4, -0.2) is 49.7 Å². The number of piperidine rings is 3. The van der Waals surface area contributed by atoms with E-state index in [0.717, 1.165) is 26.1 Å².